The van der Waals surface area contributed by atoms with Gasteiger partial charge >= 0.3 is 0 Å². The molecule has 0 aliphatic rings. The Balaban J connectivity index is 3.19. The van der Waals surface area contributed by atoms with Crippen LogP contribution in [0.4, 0.5) is 0 Å². The molecule has 0 saturated heterocycles. The largest absolute Gasteiger partial charge is 0.420 e. The molecule has 0 aliphatic heterocycles. The highest BCUT2D eigenvalue weighted by Crippen LogP contribution is 2.15. The van der Waals surface area contributed by atoms with Crippen LogP contribution in [-0.2, 0) is 4.43 Å². The summed E-state index contributed by atoms with van der Waals surface area (Å²) in [5.41, 5.74) is 0. The molecule has 12 heavy (non-hydrogen) atoms. The highest BCUT2D eigenvalue weighted by Gasteiger charge is 2.18. The van der Waals surface area contributed by atoms with Crippen LogP contribution in [0.2, 0.25) is 19.1 Å². The highest BCUT2D eigenvalue weighted by molar-refractivity contribution is 6.71. The van der Waals surface area contributed by atoms with Crippen LogP contribution in [0.3, 0.4) is 0 Å². The van der Waals surface area contributed by atoms with Gasteiger partial charge in [0.05, 0.1) is 0 Å². The summed E-state index contributed by atoms with van der Waals surface area (Å²) in [6.07, 6.45) is 4.60. The zero-order valence-electron chi connectivity index (χ0n) is 8.60. The maximum absolute atomic E-state index is 8.56. The fourth-order valence-electron chi connectivity index (χ4n) is 1.12. The first-order chi connectivity index (χ1) is 5.62. The van der Waals surface area contributed by atoms with Gasteiger partial charge in [-0.05, 0) is 25.6 Å². The Hall–Kier alpha value is 0.137. The lowest BCUT2D eigenvalue weighted by molar-refractivity contribution is 0.282. The summed E-state index contributed by atoms with van der Waals surface area (Å²) in [5.74, 6) is 0. The van der Waals surface area contributed by atoms with E-state index >= 15 is 0 Å². The van der Waals surface area contributed by atoms with Crippen molar-refractivity contribution in [1.82, 2.24) is 0 Å². The van der Waals surface area contributed by atoms with Gasteiger partial charge in [-0.1, -0.05) is 19.3 Å². The average Bonchev–Trinajstić information content (AvgIpc) is 2.04. The van der Waals surface area contributed by atoms with E-state index in [1.165, 1.54) is 18.9 Å². The molecule has 0 aliphatic carbocycles. The molecule has 3 heteroatoms. The Morgan fingerprint density at radius 1 is 1.08 bits per heavy atom. The molecule has 74 valence electrons. The first kappa shape index (κ1) is 12.1. The maximum Gasteiger partial charge on any atom is 0.186 e. The minimum atomic E-state index is -1.30. The third-order valence-electron chi connectivity index (χ3n) is 2.24. The molecular formula is C9H22O2Si. The van der Waals surface area contributed by atoms with E-state index in [4.69, 9.17) is 9.53 Å². The second-order valence-corrected chi connectivity index (χ2v) is 8.28. The normalized spacial score (nSPS) is 12.0. The van der Waals surface area contributed by atoms with Crippen LogP contribution in [0.15, 0.2) is 0 Å². The van der Waals surface area contributed by atoms with E-state index in [2.05, 4.69) is 13.1 Å². The summed E-state index contributed by atoms with van der Waals surface area (Å²) >= 11 is 0. The second-order valence-electron chi connectivity index (χ2n) is 3.85. The monoisotopic (exact) mass is 190 g/mol. The predicted molar refractivity (Wildman–Crippen MR) is 54.9 cm³/mol. The minimum Gasteiger partial charge on any atom is -0.420 e. The summed E-state index contributed by atoms with van der Waals surface area (Å²) in [6, 6.07) is 1.24. The number of aliphatic hydroxyl groups excluding tert-OH is 1. The molecule has 0 rings (SSSR count). The van der Waals surface area contributed by atoms with Crippen molar-refractivity contribution in [3.63, 3.8) is 0 Å². The molecule has 0 fully saturated rings. The van der Waals surface area contributed by atoms with Crippen molar-refractivity contribution in [3.05, 3.63) is 0 Å². The molecule has 0 radical (unpaired) electrons. The smallest absolute Gasteiger partial charge is 0.186 e. The SMILES string of the molecule is CO[Si](C)(C)CCCCCCO. The van der Waals surface area contributed by atoms with Crippen molar-refractivity contribution in [1.29, 1.82) is 0 Å². The molecule has 0 atom stereocenters. The summed E-state index contributed by atoms with van der Waals surface area (Å²) < 4.78 is 5.43. The fraction of sp³-hybridized carbons (Fsp3) is 1.00. The Morgan fingerprint density at radius 3 is 2.17 bits per heavy atom. The molecular weight excluding hydrogens is 168 g/mol. The Labute approximate surface area is 77.1 Å². The first-order valence-electron chi connectivity index (χ1n) is 4.78. The van der Waals surface area contributed by atoms with Crippen LogP contribution in [0.5, 0.6) is 0 Å². The van der Waals surface area contributed by atoms with Crippen molar-refractivity contribution >= 4 is 8.32 Å². The summed E-state index contributed by atoms with van der Waals surface area (Å²) in [6.45, 7) is 4.84. The quantitative estimate of drug-likeness (QED) is 0.493. The van der Waals surface area contributed by atoms with E-state index in [1.807, 2.05) is 7.11 Å². The van der Waals surface area contributed by atoms with E-state index in [1.54, 1.807) is 0 Å². The third-order valence-corrected chi connectivity index (χ3v) is 4.90. The molecule has 0 unspecified atom stereocenters. The second kappa shape index (κ2) is 6.63. The topological polar surface area (TPSA) is 29.5 Å². The standard InChI is InChI=1S/C9H22O2Si/c1-11-12(2,3)9-7-5-4-6-8-10/h10H,4-9H2,1-3H3. The molecule has 0 aromatic heterocycles. The molecule has 0 heterocycles. The van der Waals surface area contributed by atoms with E-state index in [-0.39, 0.29) is 0 Å². The van der Waals surface area contributed by atoms with Gasteiger partial charge < -0.3 is 9.53 Å². The van der Waals surface area contributed by atoms with E-state index < -0.39 is 8.32 Å². The van der Waals surface area contributed by atoms with Gasteiger partial charge in [0, 0.05) is 13.7 Å². The van der Waals surface area contributed by atoms with Gasteiger partial charge in [-0.15, -0.1) is 0 Å². The first-order valence-corrected chi connectivity index (χ1v) is 7.90. The van der Waals surface area contributed by atoms with E-state index in [9.17, 15) is 0 Å². The third kappa shape index (κ3) is 6.82. The number of hydrogen-bond acceptors (Lipinski definition) is 2. The Morgan fingerprint density at radius 2 is 1.67 bits per heavy atom. The van der Waals surface area contributed by atoms with Crippen molar-refractivity contribution < 1.29 is 9.53 Å². The summed E-state index contributed by atoms with van der Waals surface area (Å²) in [5, 5.41) is 8.56. The molecule has 0 amide bonds. The average molecular weight is 190 g/mol. The lowest BCUT2D eigenvalue weighted by Crippen LogP contribution is -2.27. The lowest BCUT2D eigenvalue weighted by atomic mass is 10.2. The molecule has 1 N–H and O–H groups in total. The Bertz CT molecular complexity index is 105. The molecule has 0 aromatic carbocycles. The van der Waals surface area contributed by atoms with Crippen LogP contribution in [0, 0.1) is 0 Å². The highest BCUT2D eigenvalue weighted by atomic mass is 28.4. The van der Waals surface area contributed by atoms with Gasteiger partial charge in [0.1, 0.15) is 0 Å². The zero-order chi connectivity index (χ0) is 9.45. The van der Waals surface area contributed by atoms with Crippen LogP contribution in [0.25, 0.3) is 0 Å². The van der Waals surface area contributed by atoms with Crippen LogP contribution in [-0.4, -0.2) is 27.1 Å². The molecule has 0 spiro atoms. The van der Waals surface area contributed by atoms with Crippen LogP contribution >= 0.6 is 0 Å². The molecule has 0 aromatic rings. The fourth-order valence-corrected chi connectivity index (χ4v) is 2.42. The van der Waals surface area contributed by atoms with Crippen molar-refractivity contribution in [2.75, 3.05) is 13.7 Å². The van der Waals surface area contributed by atoms with E-state index in [0.29, 0.717) is 6.61 Å². The summed E-state index contributed by atoms with van der Waals surface area (Å²) in [4.78, 5) is 0. The zero-order valence-corrected chi connectivity index (χ0v) is 9.60. The van der Waals surface area contributed by atoms with Gasteiger partial charge in [-0.3, -0.25) is 0 Å². The number of rotatable bonds is 7. The maximum atomic E-state index is 8.56. The summed E-state index contributed by atoms with van der Waals surface area (Å²) in [7, 11) is 0.519. The van der Waals surface area contributed by atoms with Gasteiger partial charge in [0.25, 0.3) is 0 Å². The van der Waals surface area contributed by atoms with Gasteiger partial charge in [-0.2, -0.15) is 0 Å². The molecule has 2 nitrogen and oxygen atoms in total. The molecule has 0 bridgehead atoms. The van der Waals surface area contributed by atoms with Crippen LogP contribution < -0.4 is 0 Å². The van der Waals surface area contributed by atoms with Gasteiger partial charge in [0.2, 0.25) is 0 Å². The molecule has 0 saturated carbocycles. The van der Waals surface area contributed by atoms with Crippen molar-refractivity contribution in [3.8, 4) is 0 Å². The van der Waals surface area contributed by atoms with Crippen LogP contribution in [0.1, 0.15) is 25.7 Å². The van der Waals surface area contributed by atoms with E-state index in [0.717, 1.165) is 12.8 Å². The number of unbranched alkanes of at least 4 members (excludes halogenated alkanes) is 3. The minimum absolute atomic E-state index is 0.338. The lowest BCUT2D eigenvalue weighted by Gasteiger charge is -2.19. The van der Waals surface area contributed by atoms with Gasteiger partial charge in [0.15, 0.2) is 8.32 Å². The number of hydrogen-bond donors (Lipinski definition) is 1. The van der Waals surface area contributed by atoms with Gasteiger partial charge in [-0.25, -0.2) is 0 Å². The van der Waals surface area contributed by atoms with Crippen molar-refractivity contribution in [2.24, 2.45) is 0 Å². The number of aliphatic hydroxyl groups is 1. The predicted octanol–water partition coefficient (Wildman–Crippen LogP) is 2.39. The Kier molecular flexibility index (Phi) is 6.71. The van der Waals surface area contributed by atoms with Crippen molar-refractivity contribution in [2.45, 2.75) is 44.8 Å².